The molecule has 1 aromatic heterocycles. The van der Waals surface area contributed by atoms with E-state index in [2.05, 4.69) is 228 Å². The molecule has 2 heteroatoms. The van der Waals surface area contributed by atoms with Gasteiger partial charge in [0, 0.05) is 39.9 Å². The SMILES string of the molecule is c1ccc(-c2ccc3c(c2)c2ccccc2n3-c2ccc(-c3ccc4c(c3)Cc3cc(-c5ccc6ccccc6c5)ccc3N4c3ccc4ccccc4c3)cc2)cc1. The summed E-state index contributed by atoms with van der Waals surface area (Å²) in [4.78, 5) is 2.46. The molecule has 0 saturated carbocycles. The van der Waals surface area contributed by atoms with E-state index in [1.165, 1.54) is 105 Å². The summed E-state index contributed by atoms with van der Waals surface area (Å²) in [6, 6.07) is 80.4. The molecule has 0 fully saturated rings. The second-order valence-corrected chi connectivity index (χ2v) is 15.8. The Hall–Kier alpha value is -7.68. The van der Waals surface area contributed by atoms with Crippen LogP contribution in [-0.2, 0) is 6.42 Å². The maximum atomic E-state index is 2.46. The average Bonchev–Trinajstić information content (AvgIpc) is 3.64. The van der Waals surface area contributed by atoms with Crippen LogP contribution in [0.2, 0.25) is 0 Å². The molecule has 0 radical (unpaired) electrons. The smallest absolute Gasteiger partial charge is 0.0541 e. The van der Waals surface area contributed by atoms with Crippen molar-refractivity contribution in [2.45, 2.75) is 6.42 Å². The van der Waals surface area contributed by atoms with Gasteiger partial charge in [0.1, 0.15) is 0 Å². The molecule has 0 amide bonds. The lowest BCUT2D eigenvalue weighted by Gasteiger charge is -2.34. The highest BCUT2D eigenvalue weighted by Crippen LogP contribution is 2.47. The van der Waals surface area contributed by atoms with E-state index in [4.69, 9.17) is 0 Å². The van der Waals surface area contributed by atoms with Gasteiger partial charge in [-0.2, -0.15) is 0 Å². The van der Waals surface area contributed by atoms with Crippen molar-refractivity contribution in [2.24, 2.45) is 0 Å². The van der Waals surface area contributed by atoms with E-state index in [0.29, 0.717) is 0 Å². The van der Waals surface area contributed by atoms with Gasteiger partial charge in [-0.3, -0.25) is 0 Å². The van der Waals surface area contributed by atoms with E-state index in [0.717, 1.165) is 12.1 Å². The Labute approximate surface area is 343 Å². The summed E-state index contributed by atoms with van der Waals surface area (Å²) in [5.74, 6) is 0. The topological polar surface area (TPSA) is 8.17 Å². The second kappa shape index (κ2) is 13.5. The Morgan fingerprint density at radius 1 is 0.288 bits per heavy atom. The summed E-state index contributed by atoms with van der Waals surface area (Å²) in [6.45, 7) is 0. The lowest BCUT2D eigenvalue weighted by atomic mass is 9.89. The molecule has 0 unspecified atom stereocenters. The minimum absolute atomic E-state index is 0.856. The Balaban J connectivity index is 0.942. The van der Waals surface area contributed by atoms with Crippen molar-refractivity contribution in [1.82, 2.24) is 4.57 Å². The molecule has 276 valence electrons. The number of hydrogen-bond donors (Lipinski definition) is 0. The predicted molar refractivity (Wildman–Crippen MR) is 250 cm³/mol. The zero-order chi connectivity index (χ0) is 38.9. The molecule has 0 aliphatic carbocycles. The molecular weight excluding hydrogens is 713 g/mol. The van der Waals surface area contributed by atoms with Crippen LogP contribution in [0.15, 0.2) is 218 Å². The molecule has 11 aromatic rings. The van der Waals surface area contributed by atoms with Crippen molar-refractivity contribution in [3.05, 3.63) is 230 Å². The molecule has 1 aliphatic heterocycles. The van der Waals surface area contributed by atoms with Crippen molar-refractivity contribution in [2.75, 3.05) is 4.90 Å². The molecule has 0 atom stereocenters. The van der Waals surface area contributed by atoms with Crippen LogP contribution in [-0.4, -0.2) is 4.57 Å². The summed E-state index contributed by atoms with van der Waals surface area (Å²) < 4.78 is 2.40. The maximum absolute atomic E-state index is 2.46. The van der Waals surface area contributed by atoms with Crippen LogP contribution in [0.4, 0.5) is 17.1 Å². The van der Waals surface area contributed by atoms with Crippen LogP contribution in [0.3, 0.4) is 0 Å². The highest BCUT2D eigenvalue weighted by atomic mass is 15.2. The van der Waals surface area contributed by atoms with E-state index in [1.54, 1.807) is 0 Å². The van der Waals surface area contributed by atoms with E-state index in [-0.39, 0.29) is 0 Å². The minimum atomic E-state index is 0.856. The van der Waals surface area contributed by atoms with Crippen LogP contribution in [0.1, 0.15) is 11.1 Å². The van der Waals surface area contributed by atoms with Crippen LogP contribution in [0.25, 0.3) is 82.4 Å². The summed E-state index contributed by atoms with van der Waals surface area (Å²) >= 11 is 0. The van der Waals surface area contributed by atoms with Crippen LogP contribution in [0, 0.1) is 0 Å². The monoisotopic (exact) mass is 750 g/mol. The van der Waals surface area contributed by atoms with Crippen molar-refractivity contribution >= 4 is 60.4 Å². The van der Waals surface area contributed by atoms with Gasteiger partial charge >= 0.3 is 0 Å². The van der Waals surface area contributed by atoms with Gasteiger partial charge in [-0.15, -0.1) is 0 Å². The first kappa shape index (κ1) is 33.5. The number of hydrogen-bond acceptors (Lipinski definition) is 1. The Kier molecular flexibility index (Phi) is 7.64. The fourth-order valence-corrected chi connectivity index (χ4v) is 9.41. The molecule has 2 nitrogen and oxygen atoms in total. The number of benzene rings is 10. The molecular formula is C57H38N2. The first-order valence-corrected chi connectivity index (χ1v) is 20.5. The third-order valence-corrected chi connectivity index (χ3v) is 12.3. The fourth-order valence-electron chi connectivity index (χ4n) is 9.41. The number of para-hydroxylation sites is 1. The van der Waals surface area contributed by atoms with E-state index in [1.807, 2.05) is 0 Å². The third kappa shape index (κ3) is 5.64. The first-order chi connectivity index (χ1) is 29.2. The molecule has 0 saturated heterocycles. The molecule has 0 spiro atoms. The largest absolute Gasteiger partial charge is 0.310 e. The predicted octanol–water partition coefficient (Wildman–Crippen LogP) is 15.5. The highest BCUT2D eigenvalue weighted by molar-refractivity contribution is 6.10. The minimum Gasteiger partial charge on any atom is -0.310 e. The lowest BCUT2D eigenvalue weighted by molar-refractivity contribution is 1.09. The van der Waals surface area contributed by atoms with Gasteiger partial charge < -0.3 is 9.47 Å². The second-order valence-electron chi connectivity index (χ2n) is 15.8. The first-order valence-electron chi connectivity index (χ1n) is 20.5. The molecule has 59 heavy (non-hydrogen) atoms. The fraction of sp³-hybridized carbons (Fsp3) is 0.0175. The van der Waals surface area contributed by atoms with Gasteiger partial charge in [0.05, 0.1) is 11.0 Å². The number of fused-ring (bicyclic) bond motifs is 7. The molecule has 2 heterocycles. The van der Waals surface area contributed by atoms with E-state index >= 15 is 0 Å². The number of nitrogens with zero attached hydrogens (tertiary/aromatic N) is 2. The summed E-state index contributed by atoms with van der Waals surface area (Å²) in [5.41, 5.74) is 17.2. The van der Waals surface area contributed by atoms with Gasteiger partial charge in [-0.1, -0.05) is 146 Å². The average molecular weight is 751 g/mol. The van der Waals surface area contributed by atoms with Crippen LogP contribution in [0.5, 0.6) is 0 Å². The van der Waals surface area contributed by atoms with Gasteiger partial charge in [0.2, 0.25) is 0 Å². The highest BCUT2D eigenvalue weighted by Gasteiger charge is 2.25. The van der Waals surface area contributed by atoms with Gasteiger partial charge in [-0.25, -0.2) is 0 Å². The van der Waals surface area contributed by atoms with Crippen LogP contribution < -0.4 is 4.90 Å². The molecule has 0 bridgehead atoms. The van der Waals surface area contributed by atoms with Gasteiger partial charge in [-0.05, 0) is 139 Å². The third-order valence-electron chi connectivity index (χ3n) is 12.3. The van der Waals surface area contributed by atoms with Gasteiger partial charge in [0.25, 0.3) is 0 Å². The summed E-state index contributed by atoms with van der Waals surface area (Å²) in [5, 5.41) is 7.54. The molecule has 1 aliphatic rings. The van der Waals surface area contributed by atoms with Crippen molar-refractivity contribution in [3.63, 3.8) is 0 Å². The summed E-state index contributed by atoms with van der Waals surface area (Å²) in [6.07, 6.45) is 0.856. The standard InChI is InChI=1S/C57H38N2/c1-2-10-38(11-3-1)47-25-31-57-53(37-47)52-16-8-9-17-56(52)58(57)50-26-20-41(21-27-50)44-23-29-54-48(33-44)35-49-34-46(45-19-18-39-12-4-6-14-42(39)32-45)24-30-55(49)59(54)51-28-22-40-13-5-7-15-43(40)36-51/h1-34,36-37H,35H2. The number of anilines is 3. The normalized spacial score (nSPS) is 12.3. The Morgan fingerprint density at radius 2 is 0.780 bits per heavy atom. The van der Waals surface area contributed by atoms with E-state index in [9.17, 15) is 0 Å². The van der Waals surface area contributed by atoms with E-state index < -0.39 is 0 Å². The van der Waals surface area contributed by atoms with Crippen molar-refractivity contribution < 1.29 is 0 Å². The molecule has 0 N–H and O–H groups in total. The molecule has 10 aromatic carbocycles. The number of aromatic nitrogens is 1. The Bertz CT molecular complexity index is 3410. The van der Waals surface area contributed by atoms with Crippen molar-refractivity contribution in [3.8, 4) is 39.1 Å². The van der Waals surface area contributed by atoms with Crippen molar-refractivity contribution in [1.29, 1.82) is 0 Å². The van der Waals surface area contributed by atoms with Gasteiger partial charge in [0.15, 0.2) is 0 Å². The lowest BCUT2D eigenvalue weighted by Crippen LogP contribution is -2.18. The van der Waals surface area contributed by atoms with Crippen LogP contribution >= 0.6 is 0 Å². The zero-order valence-corrected chi connectivity index (χ0v) is 32.4. The Morgan fingerprint density at radius 3 is 1.53 bits per heavy atom. The quantitative estimate of drug-likeness (QED) is 0.170. The molecule has 12 rings (SSSR count). The zero-order valence-electron chi connectivity index (χ0n) is 32.4. The maximum Gasteiger partial charge on any atom is 0.0541 e. The summed E-state index contributed by atoms with van der Waals surface area (Å²) in [7, 11) is 0. The number of rotatable bonds is 5.